The number of nitrogen functional groups attached to an aromatic ring is 1. The summed E-state index contributed by atoms with van der Waals surface area (Å²) in [6.45, 7) is 0. The zero-order valence-electron chi connectivity index (χ0n) is 17.8. The van der Waals surface area contributed by atoms with E-state index in [2.05, 4.69) is 15.5 Å². The molecule has 2 unspecified atom stereocenters. The fraction of sp³-hybridized carbons (Fsp3) is 0.238. The van der Waals surface area contributed by atoms with Crippen molar-refractivity contribution in [2.45, 2.75) is 17.8 Å². The van der Waals surface area contributed by atoms with E-state index in [1.54, 1.807) is 30.3 Å². The van der Waals surface area contributed by atoms with Crippen molar-refractivity contribution in [1.29, 1.82) is 0 Å². The zero-order chi connectivity index (χ0) is 24.4. The van der Waals surface area contributed by atoms with Gasteiger partial charge in [-0.05, 0) is 5.57 Å². The van der Waals surface area contributed by atoms with Gasteiger partial charge in [-0.25, -0.2) is 9.78 Å². The Kier molecular flexibility index (Phi) is 6.65. The van der Waals surface area contributed by atoms with Crippen molar-refractivity contribution >= 4 is 57.5 Å². The van der Waals surface area contributed by atoms with Gasteiger partial charge in [0.25, 0.3) is 11.8 Å². The lowest BCUT2D eigenvalue weighted by molar-refractivity contribution is -0.150. The number of Topliss-reactive ketones (excluding diaryl/α,β-unsaturated/α-hetero) is 1. The third-order valence-electron chi connectivity index (χ3n) is 5.17. The monoisotopic (exact) mass is 501 g/mol. The maximum Gasteiger partial charge on any atom is 0.352 e. The molecule has 1 fully saturated rings. The number of nitrogens with zero attached hydrogens (tertiary/aromatic N) is 3. The number of carbonyl (C=O) groups is 4. The van der Waals surface area contributed by atoms with Gasteiger partial charge in [-0.3, -0.25) is 19.3 Å². The van der Waals surface area contributed by atoms with Crippen LogP contribution in [0, 0.1) is 0 Å². The Labute approximate surface area is 201 Å². The second kappa shape index (κ2) is 9.65. The smallest absolute Gasteiger partial charge is 0.352 e. The molecule has 2 aliphatic rings. The lowest BCUT2D eigenvalue weighted by Crippen LogP contribution is -2.71. The van der Waals surface area contributed by atoms with Crippen LogP contribution in [0.4, 0.5) is 5.13 Å². The first-order valence-corrected chi connectivity index (χ1v) is 11.9. The molecule has 13 heteroatoms. The van der Waals surface area contributed by atoms with E-state index in [1.807, 2.05) is 0 Å². The van der Waals surface area contributed by atoms with Crippen molar-refractivity contribution in [3.05, 3.63) is 58.2 Å². The average molecular weight is 502 g/mol. The van der Waals surface area contributed by atoms with E-state index < -0.39 is 29.2 Å². The minimum Gasteiger partial charge on any atom is -0.477 e. The highest BCUT2D eigenvalue weighted by Gasteiger charge is 2.54. The lowest BCUT2D eigenvalue weighted by atomic mass is 9.98. The molecule has 2 amide bonds. The number of β-lactam (4-membered cyclic amide) rings is 1. The number of amides is 2. The van der Waals surface area contributed by atoms with Gasteiger partial charge in [-0.2, -0.15) is 0 Å². The number of carbonyl (C=O) groups excluding carboxylic acids is 3. The third-order valence-corrected chi connectivity index (χ3v) is 7.18. The molecule has 0 radical (unpaired) electrons. The van der Waals surface area contributed by atoms with Gasteiger partial charge in [0.15, 0.2) is 16.6 Å². The van der Waals surface area contributed by atoms with E-state index in [9.17, 15) is 24.3 Å². The molecule has 0 aliphatic carbocycles. The van der Waals surface area contributed by atoms with Crippen LogP contribution in [0.25, 0.3) is 0 Å². The van der Waals surface area contributed by atoms with Crippen molar-refractivity contribution in [1.82, 2.24) is 15.2 Å². The van der Waals surface area contributed by atoms with E-state index in [1.165, 1.54) is 24.3 Å². The molecule has 2 aliphatic heterocycles. The van der Waals surface area contributed by atoms with Gasteiger partial charge in [0.1, 0.15) is 29.9 Å². The lowest BCUT2D eigenvalue weighted by Gasteiger charge is -2.49. The quantitative estimate of drug-likeness (QED) is 0.208. The van der Waals surface area contributed by atoms with Crippen molar-refractivity contribution in [3.8, 4) is 0 Å². The third kappa shape index (κ3) is 4.39. The van der Waals surface area contributed by atoms with Crippen LogP contribution in [-0.2, 0) is 19.2 Å². The normalized spacial score (nSPS) is 19.9. The molecule has 3 heterocycles. The van der Waals surface area contributed by atoms with Crippen LogP contribution in [0.3, 0.4) is 0 Å². The van der Waals surface area contributed by atoms with Gasteiger partial charge in [-0.15, -0.1) is 23.1 Å². The number of thiazole rings is 1. The number of nitrogens with two attached hydrogens (primary N) is 1. The van der Waals surface area contributed by atoms with Gasteiger partial charge < -0.3 is 21.0 Å². The second-order valence-corrected chi connectivity index (χ2v) is 9.27. The maximum atomic E-state index is 12.9. The van der Waals surface area contributed by atoms with Gasteiger partial charge >= 0.3 is 5.97 Å². The van der Waals surface area contributed by atoms with Crippen LogP contribution in [0.2, 0.25) is 0 Å². The number of aromatic nitrogens is 1. The van der Waals surface area contributed by atoms with Crippen LogP contribution < -0.4 is 11.1 Å². The molecule has 1 aromatic carbocycles. The molecule has 0 bridgehead atoms. The van der Waals surface area contributed by atoms with E-state index in [0.29, 0.717) is 11.1 Å². The number of carboxylic acids is 1. The molecule has 4 rings (SSSR count). The predicted molar refractivity (Wildman–Crippen MR) is 125 cm³/mol. The number of thioether (sulfide) groups is 1. The van der Waals surface area contributed by atoms with Gasteiger partial charge in [-0.1, -0.05) is 35.5 Å². The van der Waals surface area contributed by atoms with E-state index >= 15 is 0 Å². The molecule has 4 N–H and O–H groups in total. The van der Waals surface area contributed by atoms with E-state index in [-0.39, 0.29) is 40.2 Å². The second-order valence-electron chi connectivity index (χ2n) is 7.28. The first kappa shape index (κ1) is 23.4. The number of nitrogens with one attached hydrogen (secondary N) is 1. The van der Waals surface area contributed by atoms with Crippen molar-refractivity contribution in [3.63, 3.8) is 0 Å². The Morgan fingerprint density at radius 3 is 2.68 bits per heavy atom. The Balaban J connectivity index is 1.52. The fourth-order valence-electron chi connectivity index (χ4n) is 3.64. The van der Waals surface area contributed by atoms with Crippen LogP contribution in [0.15, 0.2) is 52.1 Å². The first-order valence-electron chi connectivity index (χ1n) is 9.93. The summed E-state index contributed by atoms with van der Waals surface area (Å²) in [7, 11) is 1.26. The topological polar surface area (TPSA) is 164 Å². The number of oxime groups is 1. The summed E-state index contributed by atoms with van der Waals surface area (Å²) in [6, 6.07) is 7.54. The average Bonchev–Trinajstić information content (AvgIpc) is 3.26. The summed E-state index contributed by atoms with van der Waals surface area (Å²) in [4.78, 5) is 60.2. The summed E-state index contributed by atoms with van der Waals surface area (Å²) in [5.74, 6) is -2.63. The molecule has 176 valence electrons. The highest BCUT2D eigenvalue weighted by Crippen LogP contribution is 2.41. The minimum atomic E-state index is -1.31. The molecular formula is C21H19N5O6S2. The molecule has 11 nitrogen and oxygen atoms in total. The number of aliphatic carboxylic acids is 1. The summed E-state index contributed by atoms with van der Waals surface area (Å²) >= 11 is 2.38. The number of ketones is 1. The van der Waals surface area contributed by atoms with Crippen LogP contribution >= 0.6 is 23.1 Å². The molecule has 1 saturated heterocycles. The highest BCUT2D eigenvalue weighted by molar-refractivity contribution is 8.00. The zero-order valence-corrected chi connectivity index (χ0v) is 19.4. The van der Waals surface area contributed by atoms with Crippen LogP contribution in [-0.4, -0.2) is 68.5 Å². The number of carboxylic acid groups (broad SMARTS) is 1. The molecule has 1 aromatic heterocycles. The number of hydrogen-bond donors (Lipinski definition) is 3. The number of anilines is 1. The number of benzene rings is 1. The van der Waals surface area contributed by atoms with Crippen molar-refractivity contribution < 1.29 is 29.1 Å². The summed E-state index contributed by atoms with van der Waals surface area (Å²) in [5.41, 5.74) is 6.23. The fourth-order valence-corrected chi connectivity index (χ4v) is 5.53. The minimum absolute atomic E-state index is 0.123. The molecule has 0 saturated carbocycles. The van der Waals surface area contributed by atoms with Gasteiger partial charge in [0, 0.05) is 23.1 Å². The van der Waals surface area contributed by atoms with E-state index in [0.717, 1.165) is 16.2 Å². The van der Waals surface area contributed by atoms with Gasteiger partial charge in [0.05, 0.1) is 0 Å². The summed E-state index contributed by atoms with van der Waals surface area (Å²) in [6.07, 6.45) is -0.123. The maximum absolute atomic E-state index is 12.9. The largest absolute Gasteiger partial charge is 0.477 e. The Morgan fingerprint density at radius 1 is 1.32 bits per heavy atom. The van der Waals surface area contributed by atoms with E-state index in [4.69, 9.17) is 10.6 Å². The predicted octanol–water partition coefficient (Wildman–Crippen LogP) is 1.09. The van der Waals surface area contributed by atoms with Crippen molar-refractivity contribution in [2.24, 2.45) is 5.16 Å². The van der Waals surface area contributed by atoms with Crippen LogP contribution in [0.1, 0.15) is 22.5 Å². The Morgan fingerprint density at radius 2 is 2.06 bits per heavy atom. The van der Waals surface area contributed by atoms with Crippen LogP contribution in [0.5, 0.6) is 0 Å². The standard InChI is InChI=1S/C21H19N5O6S2/c1-32-25-14(12-9-34-21(22)23-12)17(28)24-15-18(29)26-16(20(30)31)11(8-33-19(15)26)7-13(27)10-5-3-2-4-6-10/h2-6,9,15,19H,7-8H2,1H3,(H2,22,23)(H,24,28)(H,30,31). The summed E-state index contributed by atoms with van der Waals surface area (Å²) in [5, 5.41) is 17.2. The molecule has 34 heavy (non-hydrogen) atoms. The number of fused-ring (bicyclic) bond motifs is 1. The summed E-state index contributed by atoms with van der Waals surface area (Å²) < 4.78 is 0. The molecular weight excluding hydrogens is 482 g/mol. The molecule has 2 atom stereocenters. The number of rotatable bonds is 8. The Bertz CT molecular complexity index is 1230. The first-order chi connectivity index (χ1) is 16.3. The SMILES string of the molecule is CON=C(C(=O)NC1C(=O)N2C(C(=O)O)=C(CC(=O)c3ccccc3)CSC12)c1csc(N)n1. The molecule has 2 aromatic rings. The highest BCUT2D eigenvalue weighted by atomic mass is 32.2. The molecule has 0 spiro atoms. The Hall–Kier alpha value is -3.71. The van der Waals surface area contributed by atoms with Gasteiger partial charge in [0.2, 0.25) is 0 Å². The number of hydrogen-bond acceptors (Lipinski definition) is 10. The van der Waals surface area contributed by atoms with Crippen molar-refractivity contribution in [2.75, 3.05) is 18.6 Å².